The molecule has 1 aliphatic rings. The van der Waals surface area contributed by atoms with Crippen LogP contribution in [0.2, 0.25) is 0 Å². The average Bonchev–Trinajstić information content (AvgIpc) is 2.48. The summed E-state index contributed by atoms with van der Waals surface area (Å²) in [6.45, 7) is 0. The number of halogens is 3. The molecule has 0 aromatic carbocycles. The number of hydrogen-bond acceptors (Lipinski definition) is 6. The topological polar surface area (TPSA) is 97.0 Å². The molecule has 23 heavy (non-hydrogen) atoms. The summed E-state index contributed by atoms with van der Waals surface area (Å²) in [5.74, 6) is 0.0790. The fourth-order valence-electron chi connectivity index (χ4n) is 2.72. The van der Waals surface area contributed by atoms with Crippen LogP contribution in [-0.2, 0) is 6.18 Å². The van der Waals surface area contributed by atoms with Gasteiger partial charge in [0.2, 0.25) is 5.95 Å². The van der Waals surface area contributed by atoms with E-state index in [0.717, 1.165) is 0 Å². The van der Waals surface area contributed by atoms with Gasteiger partial charge in [-0.05, 0) is 25.7 Å². The maximum Gasteiger partial charge on any atom is 0.419 e. The van der Waals surface area contributed by atoms with E-state index in [-0.39, 0.29) is 34.8 Å². The Morgan fingerprint density at radius 3 is 2.48 bits per heavy atom. The molecule has 1 saturated carbocycles. The number of nitrogens with zero attached hydrogens (tertiary/aromatic N) is 3. The van der Waals surface area contributed by atoms with E-state index in [1.807, 2.05) is 0 Å². The smallest absolute Gasteiger partial charge is 0.393 e. The minimum Gasteiger partial charge on any atom is -0.393 e. The molecule has 0 bridgehead atoms. The van der Waals surface area contributed by atoms with E-state index in [9.17, 15) is 18.3 Å². The van der Waals surface area contributed by atoms with E-state index in [2.05, 4.69) is 20.3 Å². The summed E-state index contributed by atoms with van der Waals surface area (Å²) in [6.07, 6.45) is -0.218. The summed E-state index contributed by atoms with van der Waals surface area (Å²) in [6, 6.07) is 0.0318. The standard InChI is InChI=1S/C14H16F3N5O/c15-14(16,17)10-6-19-12(18)9-5-20-13(22-11(9)10)21-7-1-3-8(23)4-2-7/h5-8,23H,1-4H2,(H2,18,19)(H,20,21,22). The van der Waals surface area contributed by atoms with Crippen LogP contribution in [0.4, 0.5) is 24.9 Å². The van der Waals surface area contributed by atoms with Gasteiger partial charge in [-0.3, -0.25) is 0 Å². The van der Waals surface area contributed by atoms with Crippen LogP contribution in [0.5, 0.6) is 0 Å². The Labute approximate surface area is 130 Å². The lowest BCUT2D eigenvalue weighted by Crippen LogP contribution is -2.29. The van der Waals surface area contributed by atoms with Crippen LogP contribution >= 0.6 is 0 Å². The van der Waals surface area contributed by atoms with E-state index in [1.54, 1.807) is 0 Å². The van der Waals surface area contributed by atoms with Crippen molar-refractivity contribution < 1.29 is 18.3 Å². The summed E-state index contributed by atoms with van der Waals surface area (Å²) in [4.78, 5) is 11.6. The SMILES string of the molecule is Nc1ncc(C(F)(F)F)c2nc(NC3CCC(O)CC3)ncc12. The van der Waals surface area contributed by atoms with Crippen molar-refractivity contribution in [3.05, 3.63) is 18.0 Å². The van der Waals surface area contributed by atoms with E-state index in [1.165, 1.54) is 6.20 Å². The second-order valence-corrected chi connectivity index (χ2v) is 5.66. The number of hydrogen-bond donors (Lipinski definition) is 3. The van der Waals surface area contributed by atoms with Crippen LogP contribution in [0, 0.1) is 0 Å². The largest absolute Gasteiger partial charge is 0.419 e. The normalized spacial score (nSPS) is 22.3. The van der Waals surface area contributed by atoms with Crippen LogP contribution in [0.15, 0.2) is 12.4 Å². The molecule has 1 fully saturated rings. The first-order chi connectivity index (χ1) is 10.8. The van der Waals surface area contributed by atoms with Gasteiger partial charge < -0.3 is 16.2 Å². The zero-order chi connectivity index (χ0) is 16.6. The Morgan fingerprint density at radius 2 is 1.83 bits per heavy atom. The predicted octanol–water partition coefficient (Wildman–Crippen LogP) is 2.34. The molecular weight excluding hydrogens is 311 g/mol. The van der Waals surface area contributed by atoms with Crippen molar-refractivity contribution >= 4 is 22.7 Å². The molecule has 0 unspecified atom stereocenters. The maximum absolute atomic E-state index is 13.1. The maximum atomic E-state index is 13.1. The first-order valence-electron chi connectivity index (χ1n) is 7.27. The molecule has 1 aliphatic carbocycles. The molecule has 2 heterocycles. The van der Waals surface area contributed by atoms with E-state index < -0.39 is 11.7 Å². The summed E-state index contributed by atoms with van der Waals surface area (Å²) in [7, 11) is 0. The van der Waals surface area contributed by atoms with Gasteiger partial charge in [-0.15, -0.1) is 0 Å². The lowest BCUT2D eigenvalue weighted by atomic mass is 9.93. The number of pyridine rings is 1. The van der Waals surface area contributed by atoms with E-state index in [4.69, 9.17) is 5.73 Å². The van der Waals surface area contributed by atoms with Crippen molar-refractivity contribution in [2.45, 2.75) is 44.0 Å². The van der Waals surface area contributed by atoms with Gasteiger partial charge >= 0.3 is 6.18 Å². The van der Waals surface area contributed by atoms with Gasteiger partial charge in [0, 0.05) is 18.4 Å². The molecule has 0 saturated heterocycles. The molecule has 4 N–H and O–H groups in total. The van der Waals surface area contributed by atoms with Gasteiger partial charge in [-0.1, -0.05) is 0 Å². The summed E-state index contributed by atoms with van der Waals surface area (Å²) >= 11 is 0. The molecule has 6 nitrogen and oxygen atoms in total. The molecular formula is C14H16F3N5O. The highest BCUT2D eigenvalue weighted by atomic mass is 19.4. The van der Waals surface area contributed by atoms with Gasteiger partial charge in [-0.25, -0.2) is 15.0 Å². The number of nitrogens with one attached hydrogen (secondary N) is 1. The van der Waals surface area contributed by atoms with Crippen LogP contribution < -0.4 is 11.1 Å². The van der Waals surface area contributed by atoms with Gasteiger partial charge in [-0.2, -0.15) is 13.2 Å². The van der Waals surface area contributed by atoms with E-state index in [0.29, 0.717) is 31.9 Å². The quantitative estimate of drug-likeness (QED) is 0.783. The van der Waals surface area contributed by atoms with Gasteiger partial charge in [0.15, 0.2) is 0 Å². The van der Waals surface area contributed by atoms with Crippen molar-refractivity contribution in [3.63, 3.8) is 0 Å². The summed E-state index contributed by atoms with van der Waals surface area (Å²) in [5.41, 5.74) is 4.41. The van der Waals surface area contributed by atoms with Crippen LogP contribution in [0.1, 0.15) is 31.2 Å². The number of aliphatic hydroxyl groups is 1. The highest BCUT2D eigenvalue weighted by Crippen LogP contribution is 2.35. The highest BCUT2D eigenvalue weighted by molar-refractivity contribution is 5.90. The number of nitrogen functional groups attached to an aromatic ring is 1. The molecule has 2 aromatic heterocycles. The van der Waals surface area contributed by atoms with Gasteiger partial charge in [0.05, 0.1) is 17.0 Å². The Kier molecular flexibility index (Phi) is 3.97. The van der Waals surface area contributed by atoms with Crippen molar-refractivity contribution in [1.82, 2.24) is 15.0 Å². The first-order valence-corrected chi connectivity index (χ1v) is 7.27. The summed E-state index contributed by atoms with van der Waals surface area (Å²) < 4.78 is 39.3. The second kappa shape index (κ2) is 5.80. The number of anilines is 2. The second-order valence-electron chi connectivity index (χ2n) is 5.66. The highest BCUT2D eigenvalue weighted by Gasteiger charge is 2.34. The third-order valence-corrected chi connectivity index (χ3v) is 3.99. The fourth-order valence-corrected chi connectivity index (χ4v) is 2.72. The molecule has 0 atom stereocenters. The number of alkyl halides is 3. The van der Waals surface area contributed by atoms with Crippen LogP contribution in [0.25, 0.3) is 10.9 Å². The minimum absolute atomic E-state index is 0.0318. The van der Waals surface area contributed by atoms with Crippen molar-refractivity contribution in [3.8, 4) is 0 Å². The first kappa shape index (κ1) is 15.7. The lowest BCUT2D eigenvalue weighted by molar-refractivity contribution is -0.136. The van der Waals surface area contributed by atoms with Crippen LogP contribution in [-0.4, -0.2) is 32.2 Å². The van der Waals surface area contributed by atoms with E-state index >= 15 is 0 Å². The molecule has 0 spiro atoms. The Bertz CT molecular complexity index is 713. The predicted molar refractivity (Wildman–Crippen MR) is 78.6 cm³/mol. The third-order valence-electron chi connectivity index (χ3n) is 3.99. The molecule has 9 heteroatoms. The fraction of sp³-hybridized carbons (Fsp3) is 0.500. The summed E-state index contributed by atoms with van der Waals surface area (Å²) in [5, 5.41) is 12.6. The molecule has 0 aliphatic heterocycles. The third kappa shape index (κ3) is 3.29. The Hall–Kier alpha value is -2.16. The molecule has 2 aromatic rings. The number of rotatable bonds is 2. The minimum atomic E-state index is -4.57. The van der Waals surface area contributed by atoms with Crippen molar-refractivity contribution in [2.75, 3.05) is 11.1 Å². The average molecular weight is 327 g/mol. The zero-order valence-corrected chi connectivity index (χ0v) is 12.1. The monoisotopic (exact) mass is 327 g/mol. The van der Waals surface area contributed by atoms with Crippen molar-refractivity contribution in [1.29, 1.82) is 0 Å². The number of fused-ring (bicyclic) bond motifs is 1. The van der Waals surface area contributed by atoms with Crippen LogP contribution in [0.3, 0.4) is 0 Å². The molecule has 0 amide bonds. The Balaban J connectivity index is 1.94. The molecule has 3 rings (SSSR count). The number of aromatic nitrogens is 3. The van der Waals surface area contributed by atoms with Crippen molar-refractivity contribution in [2.24, 2.45) is 0 Å². The zero-order valence-electron chi connectivity index (χ0n) is 12.1. The number of aliphatic hydroxyl groups excluding tert-OH is 1. The Morgan fingerprint density at radius 1 is 1.13 bits per heavy atom. The van der Waals surface area contributed by atoms with Gasteiger partial charge in [0.25, 0.3) is 0 Å². The van der Waals surface area contributed by atoms with Gasteiger partial charge in [0.1, 0.15) is 11.4 Å². The molecule has 0 radical (unpaired) electrons. The molecule has 124 valence electrons. The number of nitrogens with two attached hydrogens (primary N) is 1. The lowest BCUT2D eigenvalue weighted by Gasteiger charge is -2.26.